The second-order valence-corrected chi connectivity index (χ2v) is 15.5. The Labute approximate surface area is 137 Å². The Morgan fingerprint density at radius 2 is 1.63 bits per heavy atom. The monoisotopic (exact) mass is 390 g/mol. The van der Waals surface area contributed by atoms with Crippen LogP contribution in [0.5, 0.6) is 0 Å². The van der Waals surface area contributed by atoms with Gasteiger partial charge in [0.05, 0.1) is 0 Å². The Morgan fingerprint density at radius 1 is 1.11 bits per heavy atom. The van der Waals surface area contributed by atoms with Crippen LogP contribution < -0.4 is 0 Å². The molecule has 4 heteroatoms. The molecule has 1 aromatic rings. The summed E-state index contributed by atoms with van der Waals surface area (Å²) in [5.74, 6) is 0. The van der Waals surface area contributed by atoms with Gasteiger partial charge >= 0.3 is 37.9 Å². The van der Waals surface area contributed by atoms with Crippen LogP contribution in [0, 0.1) is 13.8 Å². The van der Waals surface area contributed by atoms with Gasteiger partial charge in [0.15, 0.2) is 0 Å². The van der Waals surface area contributed by atoms with Crippen LogP contribution in [0.25, 0.3) is 5.57 Å². The first-order valence-electron chi connectivity index (χ1n) is 6.54. The molecule has 2 rings (SSSR count). The van der Waals surface area contributed by atoms with Crippen LogP contribution in [-0.4, -0.2) is 8.07 Å². The van der Waals surface area contributed by atoms with Crippen LogP contribution in [0.15, 0.2) is 18.2 Å². The maximum absolute atomic E-state index is 4.93. The summed E-state index contributed by atoms with van der Waals surface area (Å²) in [5, 5.41) is 0. The standard InChI is InChI=1S/C15H22Si.2ClH.Zr/c1-11-8-13-6-7-14(10-16(3,4)5)15(13)9-12(11)2;;;/h7-9H,6,10H2,1-5H3;2*1H;/q;;;+2/p-2. The molecule has 0 amide bonds. The summed E-state index contributed by atoms with van der Waals surface area (Å²) in [5.41, 5.74) is 7.54. The van der Waals surface area contributed by atoms with E-state index in [1.54, 1.807) is 5.57 Å². The average Bonchev–Trinajstić information content (AvgIpc) is 2.61. The van der Waals surface area contributed by atoms with Crippen LogP contribution >= 0.6 is 17.0 Å². The number of rotatable bonds is 2. The Kier molecular flexibility index (Phi) is 7.07. The van der Waals surface area contributed by atoms with Gasteiger partial charge in [-0.15, -0.1) is 0 Å². The van der Waals surface area contributed by atoms with Crippen molar-refractivity contribution in [3.63, 3.8) is 0 Å². The summed E-state index contributed by atoms with van der Waals surface area (Å²) < 4.78 is 0. The Morgan fingerprint density at radius 3 is 2.16 bits per heavy atom. The average molecular weight is 393 g/mol. The number of fused-ring (bicyclic) bond motifs is 1. The molecule has 19 heavy (non-hydrogen) atoms. The van der Waals surface area contributed by atoms with Crippen LogP contribution in [0.1, 0.15) is 22.3 Å². The second-order valence-electron chi connectivity index (χ2n) is 6.34. The molecule has 0 aromatic heterocycles. The molecule has 104 valence electrons. The van der Waals surface area contributed by atoms with Gasteiger partial charge in [0.1, 0.15) is 0 Å². The maximum atomic E-state index is 4.93. The minimum absolute atomic E-state index is 0.826. The molecule has 1 aliphatic rings. The number of hydrogen-bond donors (Lipinski definition) is 0. The molecule has 0 saturated heterocycles. The number of hydrogen-bond acceptors (Lipinski definition) is 0. The van der Waals surface area contributed by atoms with E-state index in [2.05, 4.69) is 51.7 Å². The summed E-state index contributed by atoms with van der Waals surface area (Å²) in [6.07, 6.45) is 3.60. The normalized spacial score (nSPS) is 13.3. The van der Waals surface area contributed by atoms with E-state index in [0.29, 0.717) is 0 Å². The van der Waals surface area contributed by atoms with E-state index in [4.69, 9.17) is 17.0 Å². The van der Waals surface area contributed by atoms with E-state index in [1.165, 1.54) is 28.3 Å². The van der Waals surface area contributed by atoms with E-state index < -0.39 is 28.9 Å². The molecule has 0 nitrogen and oxygen atoms in total. The van der Waals surface area contributed by atoms with Crippen LogP contribution in [0.4, 0.5) is 0 Å². The molecular weight excluding hydrogens is 370 g/mol. The van der Waals surface area contributed by atoms with Gasteiger partial charge in [0.25, 0.3) is 0 Å². The summed E-state index contributed by atoms with van der Waals surface area (Å²) in [6.45, 7) is 11.8. The molecule has 0 unspecified atom stereocenters. The Hall–Kier alpha value is 0.640. The van der Waals surface area contributed by atoms with Gasteiger partial charge in [-0.3, -0.25) is 0 Å². The third-order valence-corrected chi connectivity index (χ3v) is 4.80. The molecule has 1 aromatic carbocycles. The predicted molar refractivity (Wildman–Crippen MR) is 87.5 cm³/mol. The van der Waals surface area contributed by atoms with Gasteiger partial charge in [0, 0.05) is 8.07 Å². The molecule has 0 saturated carbocycles. The first kappa shape index (κ1) is 17.7. The van der Waals surface area contributed by atoms with Crippen LogP contribution in [0.2, 0.25) is 25.7 Å². The van der Waals surface area contributed by atoms with Gasteiger partial charge in [-0.1, -0.05) is 37.8 Å². The number of allylic oxidation sites excluding steroid dienone is 2. The first-order valence-corrected chi connectivity index (χ1v) is 16.6. The summed E-state index contributed by atoms with van der Waals surface area (Å²) in [6, 6.07) is 6.09. The van der Waals surface area contributed by atoms with E-state index in [0.717, 1.165) is 6.42 Å². The van der Waals surface area contributed by atoms with Crippen molar-refractivity contribution in [3.8, 4) is 0 Å². The van der Waals surface area contributed by atoms with E-state index in [9.17, 15) is 0 Å². The molecule has 0 atom stereocenters. The fraction of sp³-hybridized carbons (Fsp3) is 0.467. The first-order chi connectivity index (χ1) is 8.78. The fourth-order valence-electron chi connectivity index (χ4n) is 2.43. The van der Waals surface area contributed by atoms with Gasteiger partial charge in [-0.2, -0.15) is 0 Å². The van der Waals surface area contributed by atoms with E-state index in [1.807, 2.05) is 0 Å². The van der Waals surface area contributed by atoms with Crippen molar-refractivity contribution in [1.29, 1.82) is 0 Å². The minimum atomic E-state index is -0.990. The molecule has 0 aliphatic heterocycles. The van der Waals surface area contributed by atoms with Crippen molar-refractivity contribution in [3.05, 3.63) is 40.5 Å². The molecule has 0 spiro atoms. The zero-order valence-corrected chi connectivity index (χ0v) is 17.4. The molecule has 0 N–H and O–H groups in total. The third kappa shape index (κ3) is 5.50. The second kappa shape index (κ2) is 7.59. The third-order valence-electron chi connectivity index (χ3n) is 3.35. The number of halogens is 2. The van der Waals surface area contributed by atoms with Gasteiger partial charge in [-0.05, 0) is 54.1 Å². The van der Waals surface area contributed by atoms with E-state index >= 15 is 0 Å². The Balaban J connectivity index is 0.000000550. The zero-order valence-electron chi connectivity index (χ0n) is 12.4. The topological polar surface area (TPSA) is 0 Å². The van der Waals surface area contributed by atoms with Crippen molar-refractivity contribution in [1.82, 2.24) is 0 Å². The van der Waals surface area contributed by atoms with Gasteiger partial charge < -0.3 is 0 Å². The summed E-state index contributed by atoms with van der Waals surface area (Å²) in [4.78, 5) is 0. The summed E-state index contributed by atoms with van der Waals surface area (Å²) in [7, 11) is 8.88. The molecule has 0 fully saturated rings. The number of aryl methyl sites for hydroxylation is 2. The molecule has 0 bridgehead atoms. The fourth-order valence-corrected chi connectivity index (χ4v) is 3.90. The quantitative estimate of drug-likeness (QED) is 0.545. The van der Waals surface area contributed by atoms with Gasteiger partial charge in [0.2, 0.25) is 0 Å². The van der Waals surface area contributed by atoms with Gasteiger partial charge in [-0.25, -0.2) is 0 Å². The van der Waals surface area contributed by atoms with Crippen LogP contribution in [-0.2, 0) is 27.3 Å². The van der Waals surface area contributed by atoms with Crippen molar-refractivity contribution < 1.29 is 20.8 Å². The predicted octanol–water partition coefficient (Wildman–Crippen LogP) is 5.96. The molecular formula is C15H22Cl2SiZr. The van der Waals surface area contributed by atoms with E-state index in [-0.39, 0.29) is 0 Å². The SMILES string of the molecule is Cc1cc2c(cc1C)C(C[Si](C)(C)C)=CC2.[Cl][Zr][Cl]. The Bertz CT molecular complexity index is 476. The zero-order chi connectivity index (χ0) is 14.6. The molecule has 1 aliphatic carbocycles. The van der Waals surface area contributed by atoms with Crippen LogP contribution in [0.3, 0.4) is 0 Å². The van der Waals surface area contributed by atoms with Crippen molar-refractivity contribution in [2.24, 2.45) is 0 Å². The van der Waals surface area contributed by atoms with Crippen molar-refractivity contribution in [2.45, 2.75) is 46.0 Å². The van der Waals surface area contributed by atoms with Crippen molar-refractivity contribution >= 4 is 30.7 Å². The molecule has 0 heterocycles. The number of benzene rings is 1. The summed E-state index contributed by atoms with van der Waals surface area (Å²) >= 11 is -0.826. The van der Waals surface area contributed by atoms with Crippen molar-refractivity contribution in [2.75, 3.05) is 0 Å². The molecule has 0 radical (unpaired) electrons.